The molecule has 0 saturated carbocycles. The maximum absolute atomic E-state index is 14.3. The van der Waals surface area contributed by atoms with Crippen LogP contribution in [0.3, 0.4) is 0 Å². The van der Waals surface area contributed by atoms with Crippen molar-refractivity contribution in [2.45, 2.75) is 33.3 Å². The molecule has 0 bridgehead atoms. The number of amides is 1. The predicted octanol–water partition coefficient (Wildman–Crippen LogP) is 5.16. The summed E-state index contributed by atoms with van der Waals surface area (Å²) >= 11 is 0. The van der Waals surface area contributed by atoms with Crippen molar-refractivity contribution in [3.05, 3.63) is 48.0 Å². The second-order valence-corrected chi connectivity index (χ2v) is 7.34. The average Bonchev–Trinajstić information content (AvgIpc) is 2.90. The van der Waals surface area contributed by atoms with Gasteiger partial charge >= 0.3 is 6.09 Å². The molecule has 1 aromatic heterocycles. The summed E-state index contributed by atoms with van der Waals surface area (Å²) in [5.41, 5.74) is 1.74. The molecule has 0 fully saturated rings. The van der Waals surface area contributed by atoms with E-state index in [0.29, 0.717) is 28.2 Å². The maximum Gasteiger partial charge on any atom is 0.412 e. The van der Waals surface area contributed by atoms with E-state index in [4.69, 9.17) is 9.47 Å². The van der Waals surface area contributed by atoms with Crippen molar-refractivity contribution < 1.29 is 18.7 Å². The smallest absolute Gasteiger partial charge is 0.412 e. The number of carbonyl (C=O) groups excluding carboxylic acids is 1. The highest BCUT2D eigenvalue weighted by Gasteiger charge is 2.16. The van der Waals surface area contributed by atoms with E-state index in [1.54, 1.807) is 63.0 Å². The molecule has 27 heavy (non-hydrogen) atoms. The van der Waals surface area contributed by atoms with E-state index in [1.807, 2.05) is 6.92 Å². The lowest BCUT2D eigenvalue weighted by atomic mass is 10.2. The third-order valence-corrected chi connectivity index (χ3v) is 3.79. The summed E-state index contributed by atoms with van der Waals surface area (Å²) in [6.45, 7) is 7.23. The minimum atomic E-state index is -0.573. The van der Waals surface area contributed by atoms with Crippen LogP contribution in [-0.2, 0) is 11.8 Å². The maximum atomic E-state index is 14.3. The Morgan fingerprint density at radius 1 is 1.22 bits per heavy atom. The van der Waals surface area contributed by atoms with E-state index in [-0.39, 0.29) is 0 Å². The van der Waals surface area contributed by atoms with Crippen molar-refractivity contribution in [2.75, 3.05) is 5.32 Å². The van der Waals surface area contributed by atoms with Crippen LogP contribution in [0, 0.1) is 12.7 Å². The molecule has 1 N–H and O–H groups in total. The van der Waals surface area contributed by atoms with Crippen LogP contribution >= 0.6 is 0 Å². The molecule has 3 aromatic rings. The Bertz CT molecular complexity index is 1010. The molecule has 1 amide bonds. The van der Waals surface area contributed by atoms with Gasteiger partial charge in [-0.25, -0.2) is 14.2 Å². The Hall–Kier alpha value is -3.09. The number of aromatic nitrogens is 2. The van der Waals surface area contributed by atoms with Crippen molar-refractivity contribution in [3.8, 4) is 11.5 Å². The molecule has 2 aromatic carbocycles. The number of hydrogen-bond donors (Lipinski definition) is 1. The largest absolute Gasteiger partial charge is 0.457 e. The van der Waals surface area contributed by atoms with Crippen LogP contribution in [0.4, 0.5) is 14.9 Å². The summed E-state index contributed by atoms with van der Waals surface area (Å²) < 4.78 is 27.0. The fourth-order valence-corrected chi connectivity index (χ4v) is 2.66. The number of anilines is 1. The zero-order valence-corrected chi connectivity index (χ0v) is 16.0. The second kappa shape index (κ2) is 6.90. The van der Waals surface area contributed by atoms with E-state index < -0.39 is 17.5 Å². The van der Waals surface area contributed by atoms with Gasteiger partial charge < -0.3 is 14.0 Å². The van der Waals surface area contributed by atoms with Crippen LogP contribution in [0.25, 0.3) is 11.0 Å². The summed E-state index contributed by atoms with van der Waals surface area (Å²) in [7, 11) is 1.74. The van der Waals surface area contributed by atoms with Crippen molar-refractivity contribution in [1.29, 1.82) is 0 Å². The third kappa shape index (κ3) is 4.36. The molecule has 0 spiro atoms. The van der Waals surface area contributed by atoms with Gasteiger partial charge in [-0.15, -0.1) is 0 Å². The van der Waals surface area contributed by atoms with E-state index >= 15 is 0 Å². The number of carbonyl (C=O) groups is 1. The summed E-state index contributed by atoms with van der Waals surface area (Å²) in [5, 5.41) is 2.68. The van der Waals surface area contributed by atoms with E-state index in [0.717, 1.165) is 5.56 Å². The highest BCUT2D eigenvalue weighted by molar-refractivity contribution is 5.85. The number of imidazole rings is 1. The Kier molecular flexibility index (Phi) is 4.78. The number of rotatable bonds is 3. The second-order valence-electron chi connectivity index (χ2n) is 7.34. The highest BCUT2D eigenvalue weighted by atomic mass is 19.1. The van der Waals surface area contributed by atoms with Crippen LogP contribution in [0.2, 0.25) is 0 Å². The van der Waals surface area contributed by atoms with Gasteiger partial charge in [0.2, 0.25) is 0 Å². The molecule has 6 nitrogen and oxygen atoms in total. The van der Waals surface area contributed by atoms with Crippen LogP contribution in [0.1, 0.15) is 26.3 Å². The molecule has 0 aliphatic carbocycles. The van der Waals surface area contributed by atoms with Gasteiger partial charge in [0.1, 0.15) is 22.6 Å². The van der Waals surface area contributed by atoms with Gasteiger partial charge in [0.15, 0.2) is 5.82 Å². The van der Waals surface area contributed by atoms with Crippen LogP contribution in [-0.4, -0.2) is 21.2 Å². The fraction of sp³-hybridized carbons (Fsp3) is 0.300. The topological polar surface area (TPSA) is 65.4 Å². The Balaban J connectivity index is 1.77. The van der Waals surface area contributed by atoms with Gasteiger partial charge in [-0.05, 0) is 51.5 Å². The highest BCUT2D eigenvalue weighted by Crippen LogP contribution is 2.30. The van der Waals surface area contributed by atoms with Crippen molar-refractivity contribution in [2.24, 2.45) is 7.05 Å². The van der Waals surface area contributed by atoms with Crippen LogP contribution < -0.4 is 10.1 Å². The van der Waals surface area contributed by atoms with E-state index in [1.165, 1.54) is 6.07 Å². The van der Waals surface area contributed by atoms with Crippen LogP contribution in [0.15, 0.2) is 36.7 Å². The van der Waals surface area contributed by atoms with Gasteiger partial charge in [0.25, 0.3) is 0 Å². The number of fused-ring (bicyclic) bond motifs is 1. The number of nitrogens with one attached hydrogen (secondary N) is 1. The standard InChI is InChI=1S/C20H22FN3O3/c1-12-8-13(23-19(25)27-20(2,3)4)6-7-17(12)26-14-9-15(21)18-16(10-14)22-11-24(18)5/h6-11H,1-5H3,(H,23,25). The molecule has 0 atom stereocenters. The average molecular weight is 371 g/mol. The summed E-state index contributed by atoms with van der Waals surface area (Å²) in [6.07, 6.45) is 1.03. The number of aryl methyl sites for hydroxylation is 2. The summed E-state index contributed by atoms with van der Waals surface area (Å²) in [6, 6.07) is 8.18. The van der Waals surface area contributed by atoms with Crippen molar-refractivity contribution in [1.82, 2.24) is 9.55 Å². The van der Waals surface area contributed by atoms with Gasteiger partial charge in [0.05, 0.1) is 11.8 Å². The lowest BCUT2D eigenvalue weighted by Gasteiger charge is -2.20. The molecular weight excluding hydrogens is 349 g/mol. The first-order valence-electron chi connectivity index (χ1n) is 8.51. The van der Waals surface area contributed by atoms with Gasteiger partial charge in [-0.3, -0.25) is 5.32 Å². The molecule has 1 heterocycles. The summed E-state index contributed by atoms with van der Waals surface area (Å²) in [5.74, 6) is 0.512. The monoisotopic (exact) mass is 371 g/mol. The zero-order valence-electron chi connectivity index (χ0n) is 16.0. The molecule has 3 rings (SSSR count). The molecule has 0 aliphatic rings. The first kappa shape index (κ1) is 18.7. The van der Waals surface area contributed by atoms with E-state index in [2.05, 4.69) is 10.3 Å². The quantitative estimate of drug-likeness (QED) is 0.691. The SMILES string of the molecule is Cc1cc(NC(=O)OC(C)(C)C)ccc1Oc1cc(F)c2c(c1)ncn2C. The Morgan fingerprint density at radius 2 is 1.96 bits per heavy atom. The first-order valence-corrected chi connectivity index (χ1v) is 8.51. The van der Waals surface area contributed by atoms with Gasteiger partial charge in [-0.2, -0.15) is 0 Å². The number of ether oxygens (including phenoxy) is 2. The summed E-state index contributed by atoms with van der Waals surface area (Å²) in [4.78, 5) is 16.0. The molecule has 0 radical (unpaired) electrons. The van der Waals surface area contributed by atoms with Gasteiger partial charge in [0, 0.05) is 24.9 Å². The Morgan fingerprint density at radius 3 is 2.63 bits per heavy atom. The normalized spacial score (nSPS) is 11.5. The molecule has 142 valence electrons. The lowest BCUT2D eigenvalue weighted by Crippen LogP contribution is -2.27. The Labute approximate surface area is 156 Å². The lowest BCUT2D eigenvalue weighted by molar-refractivity contribution is 0.0636. The van der Waals surface area contributed by atoms with Gasteiger partial charge in [-0.1, -0.05) is 0 Å². The minimum Gasteiger partial charge on any atom is -0.457 e. The number of nitrogens with zero attached hydrogens (tertiary/aromatic N) is 2. The van der Waals surface area contributed by atoms with Crippen molar-refractivity contribution >= 4 is 22.8 Å². The van der Waals surface area contributed by atoms with Crippen LogP contribution in [0.5, 0.6) is 11.5 Å². The minimum absolute atomic E-state index is 0.356. The third-order valence-electron chi connectivity index (χ3n) is 3.79. The van der Waals surface area contributed by atoms with E-state index in [9.17, 15) is 9.18 Å². The van der Waals surface area contributed by atoms with Crippen molar-refractivity contribution in [3.63, 3.8) is 0 Å². The predicted molar refractivity (Wildman–Crippen MR) is 102 cm³/mol. The molecule has 7 heteroatoms. The fourth-order valence-electron chi connectivity index (χ4n) is 2.66. The number of halogens is 1. The first-order chi connectivity index (χ1) is 12.6. The molecule has 0 unspecified atom stereocenters. The zero-order chi connectivity index (χ0) is 19.8. The molecule has 0 aliphatic heterocycles. The molecular formula is C20H22FN3O3. The molecule has 0 saturated heterocycles. The number of hydrogen-bond acceptors (Lipinski definition) is 4. The number of benzene rings is 2.